The Morgan fingerprint density at radius 3 is 1.00 bits per heavy atom. The second-order valence-corrected chi connectivity index (χ2v) is 31.9. The highest BCUT2D eigenvalue weighted by molar-refractivity contribution is 6.33. The van der Waals surface area contributed by atoms with Gasteiger partial charge in [-0.25, -0.2) is 59.8 Å². The Hall–Kier alpha value is -5.22. The summed E-state index contributed by atoms with van der Waals surface area (Å²) in [5.41, 5.74) is 0.939. The van der Waals surface area contributed by atoms with Gasteiger partial charge in [-0.05, 0) is 89.9 Å². The van der Waals surface area contributed by atoms with E-state index in [2.05, 4.69) is 84.7 Å². The SMILES string of the molecule is C1CCOC1.C1COC2(CNCC23CC3)O1.CO.Clc1cc(Cl)ncn1.Clc1cc(N2CC3(CC3)C3(C2)OCCO3)ncn1.O=C1CN(c2cc(Cl)ncn2)CC12CC2.OC1CN(c2cc(Cl)ncn2)CC12CC2.OC1CN(c2cc(Cl)ncn2)CC12CC2.OC1CN(c2cc(Cl)ncn2)CC12CC2. The maximum Gasteiger partial charge on any atom is 0.193 e. The lowest BCUT2D eigenvalue weighted by Gasteiger charge is -2.27. The van der Waals surface area contributed by atoms with Gasteiger partial charge in [0.1, 0.15) is 103 Å². The smallest absolute Gasteiger partial charge is 0.193 e. The molecule has 562 valence electrons. The number of aliphatic hydroxyl groups excluding tert-OH is 4. The molecular formula is C69H87Cl7N18O10. The van der Waals surface area contributed by atoms with E-state index in [1.165, 1.54) is 82.6 Å². The van der Waals surface area contributed by atoms with E-state index in [1.807, 2.05) is 4.90 Å². The molecule has 0 amide bonds. The number of aliphatic hydroxyl groups is 4. The molecule has 6 aromatic rings. The van der Waals surface area contributed by atoms with Gasteiger partial charge in [-0.3, -0.25) is 4.79 Å². The molecule has 35 heteroatoms. The summed E-state index contributed by atoms with van der Waals surface area (Å²) in [5, 5.41) is 43.0. The third kappa shape index (κ3) is 17.7. The topological polar surface area (TPSA) is 327 Å². The number of nitrogens with one attached hydrogen (secondary N) is 1. The number of hydrogen-bond acceptors (Lipinski definition) is 28. The molecule has 9 saturated heterocycles. The molecule has 15 heterocycles. The maximum atomic E-state index is 11.7. The van der Waals surface area contributed by atoms with Gasteiger partial charge in [-0.15, -0.1) is 0 Å². The van der Waals surface area contributed by atoms with Crippen LogP contribution in [0.4, 0.5) is 29.1 Å². The van der Waals surface area contributed by atoms with Crippen LogP contribution in [0.15, 0.2) is 74.4 Å². The fraction of sp³-hybridized carbons (Fsp3) is 0.638. The van der Waals surface area contributed by atoms with E-state index in [0.29, 0.717) is 86.7 Å². The number of ether oxygens (including phenoxy) is 5. The Morgan fingerprint density at radius 2 is 0.712 bits per heavy atom. The number of nitrogens with zero attached hydrogens (tertiary/aromatic N) is 17. The quantitative estimate of drug-likeness (QED) is 0.101. The largest absolute Gasteiger partial charge is 0.400 e. The standard InChI is InChI=1S/C12H14ClN3O2.3C10H12ClN3O.C10H10ClN3O.C8H13NO2.C4H2Cl2N2.C4H8O.CH4O/c13-9-5-10(15-8-14-9)16-6-11(1-2-11)12(7-16)17-3-4-18-12;4*11-8-3-9(13-6-12-8)14-4-7(15)10(5-14)1-2-10;1-2-7(1)5-9-6-8(7)10-3-4-11-8;5-3-1-4(6)8-2-7-3;1-2-4-5-3-1;1-2/h5,8H,1-4,6-7H2;3*3,6-7,15H,1-2,4-5H2;3,6H,1-2,4-5H2;9H,1-6H2;1-2H;1-4H2;2H,1H3. The van der Waals surface area contributed by atoms with Gasteiger partial charge in [0.2, 0.25) is 0 Å². The van der Waals surface area contributed by atoms with Crippen molar-refractivity contribution in [2.24, 2.45) is 32.5 Å². The Balaban J connectivity index is 0.000000107. The van der Waals surface area contributed by atoms with Crippen molar-refractivity contribution in [3.8, 4) is 0 Å². The summed E-state index contributed by atoms with van der Waals surface area (Å²) in [7, 11) is 1.00. The average Bonchev–Trinajstić information content (AvgIpc) is 1.54. The third-order valence-corrected chi connectivity index (χ3v) is 23.9. The number of β-amino-alcohol motifs (C(OH)–C–C–N with tert-alkyl or cyclic N) is 3. The van der Waals surface area contributed by atoms with Gasteiger partial charge in [0, 0.05) is 148 Å². The highest BCUT2D eigenvalue weighted by Gasteiger charge is 2.69. The van der Waals surface area contributed by atoms with Crippen molar-refractivity contribution >= 4 is 116 Å². The lowest BCUT2D eigenvalue weighted by Crippen LogP contribution is -2.40. The van der Waals surface area contributed by atoms with Crippen LogP contribution >= 0.6 is 81.2 Å². The maximum absolute atomic E-state index is 11.7. The van der Waals surface area contributed by atoms with E-state index in [4.69, 9.17) is 110 Å². The summed E-state index contributed by atoms with van der Waals surface area (Å²) in [5.74, 6) is 3.78. The molecule has 28 nitrogen and oxygen atoms in total. The molecule has 0 bridgehead atoms. The van der Waals surface area contributed by atoms with Crippen LogP contribution in [-0.4, -0.2) is 241 Å². The number of ketones is 1. The van der Waals surface area contributed by atoms with Gasteiger partial charge < -0.3 is 73.9 Å². The number of aromatic nitrogens is 12. The molecule has 15 aliphatic rings. The van der Waals surface area contributed by atoms with Gasteiger partial charge in [0.25, 0.3) is 0 Å². The minimum absolute atomic E-state index is 0.0442. The summed E-state index contributed by atoms with van der Waals surface area (Å²) in [6.07, 6.45) is 24.2. The van der Waals surface area contributed by atoms with Crippen molar-refractivity contribution in [2.75, 3.05) is 150 Å². The van der Waals surface area contributed by atoms with Crippen molar-refractivity contribution < 1.29 is 48.9 Å². The first-order valence-corrected chi connectivity index (χ1v) is 37.9. The summed E-state index contributed by atoms with van der Waals surface area (Å²) < 4.78 is 28.2. The minimum Gasteiger partial charge on any atom is -0.400 e. The number of carbonyl (C=O) groups is 1. The fourth-order valence-electron chi connectivity index (χ4n) is 15.3. The molecule has 6 aromatic heterocycles. The van der Waals surface area contributed by atoms with Crippen LogP contribution in [0.1, 0.15) is 89.9 Å². The molecular weight excluding hydrogens is 1490 g/mol. The van der Waals surface area contributed by atoms with Crippen LogP contribution in [0.5, 0.6) is 0 Å². The van der Waals surface area contributed by atoms with Gasteiger partial charge >= 0.3 is 0 Å². The molecule has 21 rings (SSSR count). The Kier molecular flexibility index (Phi) is 24.1. The first-order valence-electron chi connectivity index (χ1n) is 35.3. The highest BCUT2D eigenvalue weighted by atomic mass is 35.5. The van der Waals surface area contributed by atoms with E-state index in [9.17, 15) is 20.1 Å². The van der Waals surface area contributed by atoms with Crippen LogP contribution in [0.3, 0.4) is 0 Å². The van der Waals surface area contributed by atoms with Crippen molar-refractivity contribution in [1.29, 1.82) is 0 Å². The molecule has 6 aliphatic carbocycles. The zero-order valence-electron chi connectivity index (χ0n) is 57.8. The molecule has 0 radical (unpaired) electrons. The average molecular weight is 1580 g/mol. The predicted molar refractivity (Wildman–Crippen MR) is 392 cm³/mol. The Morgan fingerprint density at radius 1 is 0.375 bits per heavy atom. The van der Waals surface area contributed by atoms with Gasteiger partial charge in [0.05, 0.1) is 64.4 Å². The predicted octanol–water partition coefficient (Wildman–Crippen LogP) is 8.35. The van der Waals surface area contributed by atoms with E-state index >= 15 is 0 Å². The lowest BCUT2D eigenvalue weighted by atomic mass is 10.00. The summed E-state index contributed by atoms with van der Waals surface area (Å²) in [4.78, 5) is 69.6. The van der Waals surface area contributed by atoms with Crippen LogP contribution in [0.2, 0.25) is 36.1 Å². The van der Waals surface area contributed by atoms with E-state index in [-0.39, 0.29) is 51.2 Å². The number of rotatable bonds is 5. The van der Waals surface area contributed by atoms with Crippen molar-refractivity contribution in [2.45, 2.75) is 120 Å². The molecule has 15 fully saturated rings. The number of halogens is 7. The van der Waals surface area contributed by atoms with Crippen LogP contribution < -0.4 is 29.8 Å². The van der Waals surface area contributed by atoms with E-state index < -0.39 is 5.79 Å². The molecule has 3 atom stereocenters. The first kappa shape index (κ1) is 77.0. The molecule has 104 heavy (non-hydrogen) atoms. The normalized spacial score (nSPS) is 25.6. The Labute approximate surface area is 638 Å². The third-order valence-electron chi connectivity index (χ3n) is 22.5. The second-order valence-electron chi connectivity index (χ2n) is 29.2. The van der Waals surface area contributed by atoms with Gasteiger partial charge in [0.15, 0.2) is 17.4 Å². The summed E-state index contributed by atoms with van der Waals surface area (Å²) in [6, 6.07) is 10.2. The van der Waals surface area contributed by atoms with Crippen molar-refractivity contribution in [1.82, 2.24) is 65.1 Å². The number of anilines is 5. The Bertz CT molecular complexity index is 3700. The molecule has 9 aliphatic heterocycles. The van der Waals surface area contributed by atoms with Crippen molar-refractivity contribution in [3.63, 3.8) is 0 Å². The minimum atomic E-state index is -0.412. The molecule has 0 aromatic carbocycles. The van der Waals surface area contributed by atoms with Gasteiger partial charge in [-0.2, -0.15) is 0 Å². The highest BCUT2D eigenvalue weighted by Crippen LogP contribution is 2.62. The monoisotopic (exact) mass is 1570 g/mol. The molecule has 6 saturated carbocycles. The number of hydrogen-bond donors (Lipinski definition) is 5. The summed E-state index contributed by atoms with van der Waals surface area (Å²) >= 11 is 39.9. The zero-order chi connectivity index (χ0) is 73.0. The number of Topliss-reactive ketones (excluding diaryl/α,β-unsaturated/α-hetero) is 1. The summed E-state index contributed by atoms with van der Waals surface area (Å²) in [6.45, 7) is 14.5. The molecule has 8 spiro atoms. The number of carbonyl (C=O) groups excluding carboxylic acids is 1. The fourth-order valence-corrected chi connectivity index (χ4v) is 16.3. The first-order chi connectivity index (χ1) is 50.2. The number of fused-ring (bicyclic) bond motifs is 2. The van der Waals surface area contributed by atoms with Crippen LogP contribution in [-0.2, 0) is 28.5 Å². The zero-order valence-corrected chi connectivity index (χ0v) is 63.1. The molecule has 5 N–H and O–H groups in total. The van der Waals surface area contributed by atoms with E-state index in [1.54, 1.807) is 30.3 Å². The van der Waals surface area contributed by atoms with Crippen LogP contribution in [0.25, 0.3) is 0 Å². The van der Waals surface area contributed by atoms with Crippen molar-refractivity contribution in [3.05, 3.63) is 110 Å². The van der Waals surface area contributed by atoms with Gasteiger partial charge in [-0.1, -0.05) is 81.2 Å². The lowest BCUT2D eigenvalue weighted by molar-refractivity contribution is -0.179. The molecule has 3 unspecified atom stereocenters. The van der Waals surface area contributed by atoms with Crippen LogP contribution in [0, 0.1) is 32.5 Å². The second kappa shape index (κ2) is 32.5. The van der Waals surface area contributed by atoms with E-state index in [0.717, 1.165) is 166 Å².